The summed E-state index contributed by atoms with van der Waals surface area (Å²) in [6.07, 6.45) is 0. The van der Waals surface area contributed by atoms with Crippen LogP contribution in [0.4, 0.5) is 0 Å². The Morgan fingerprint density at radius 1 is 0.481 bits per heavy atom. The lowest BCUT2D eigenvalue weighted by atomic mass is 9.98. The van der Waals surface area contributed by atoms with Crippen molar-refractivity contribution < 1.29 is 0 Å². The average Bonchev–Trinajstić information content (AvgIpc) is 3.77. The summed E-state index contributed by atoms with van der Waals surface area (Å²) in [5.41, 5.74) is 10.6. The van der Waals surface area contributed by atoms with Crippen LogP contribution in [-0.2, 0) is 0 Å². The van der Waals surface area contributed by atoms with Gasteiger partial charge < -0.3 is 0 Å². The minimum atomic E-state index is 0.836. The van der Waals surface area contributed by atoms with Crippen LogP contribution in [0.15, 0.2) is 164 Å². The summed E-state index contributed by atoms with van der Waals surface area (Å²) in [6, 6.07) is 59.0. The van der Waals surface area contributed by atoms with Crippen molar-refractivity contribution in [1.29, 1.82) is 0 Å². The molecular formula is C50H33N3S. The van der Waals surface area contributed by atoms with Crippen molar-refractivity contribution in [2.45, 2.75) is 13.8 Å². The molecule has 3 aromatic heterocycles. The Hall–Kier alpha value is -6.62. The highest BCUT2D eigenvalue weighted by molar-refractivity contribution is 7.27. The lowest BCUT2D eigenvalue weighted by Crippen LogP contribution is -2.07. The van der Waals surface area contributed by atoms with Gasteiger partial charge in [-0.1, -0.05) is 146 Å². The van der Waals surface area contributed by atoms with Gasteiger partial charge in [-0.2, -0.15) is 0 Å². The lowest BCUT2D eigenvalue weighted by Gasteiger charge is -2.17. The van der Waals surface area contributed by atoms with Gasteiger partial charge in [-0.15, -0.1) is 11.3 Å². The first-order valence-electron chi connectivity index (χ1n) is 18.4. The Balaban J connectivity index is 1.30. The molecule has 0 aliphatic heterocycles. The van der Waals surface area contributed by atoms with Crippen LogP contribution in [0.3, 0.4) is 0 Å². The molecule has 11 aromatic rings. The number of nitrogens with zero attached hydrogens (tertiary/aromatic N) is 3. The number of thiophene rings is 1. The highest BCUT2D eigenvalue weighted by Gasteiger charge is 2.25. The molecule has 4 heteroatoms. The quantitative estimate of drug-likeness (QED) is 0.182. The van der Waals surface area contributed by atoms with Crippen LogP contribution in [0.5, 0.6) is 0 Å². The zero-order valence-corrected chi connectivity index (χ0v) is 30.7. The van der Waals surface area contributed by atoms with Gasteiger partial charge in [0.2, 0.25) is 0 Å². The van der Waals surface area contributed by atoms with Gasteiger partial charge in [-0.05, 0) is 70.3 Å². The topological polar surface area (TPSA) is 30.7 Å². The van der Waals surface area contributed by atoms with Crippen LogP contribution in [0, 0.1) is 13.8 Å². The summed E-state index contributed by atoms with van der Waals surface area (Å²) in [5.74, 6) is 0.836. The molecule has 8 aromatic carbocycles. The minimum absolute atomic E-state index is 0.836. The standard InChI is InChI=1S/C50H33N3S/c1-30-14-6-9-19-37(30)46-31(2)51-50(47(52-46)34-26-24-33(25-27-34)32-15-4-3-5-16-32)53-42-23-13-12-22-40(42)44-38-20-10-11-21-39(38)45-41-28-35-17-7-8-18-36(35)29-43(41)54-49(45)48(44)53/h3-29H,1-2H3. The summed E-state index contributed by atoms with van der Waals surface area (Å²) in [5, 5.41) is 10.1. The second-order valence-corrected chi connectivity index (χ2v) is 15.3. The molecule has 0 aliphatic carbocycles. The summed E-state index contributed by atoms with van der Waals surface area (Å²) >= 11 is 1.88. The zero-order valence-electron chi connectivity index (χ0n) is 29.8. The third-order valence-corrected chi connectivity index (χ3v) is 12.2. The van der Waals surface area contributed by atoms with Crippen molar-refractivity contribution in [3.05, 3.63) is 175 Å². The molecular weight excluding hydrogens is 675 g/mol. The van der Waals surface area contributed by atoms with Crippen molar-refractivity contribution in [2.24, 2.45) is 0 Å². The molecule has 0 amide bonds. The fourth-order valence-corrected chi connectivity index (χ4v) is 9.77. The molecule has 0 spiro atoms. The summed E-state index contributed by atoms with van der Waals surface area (Å²) in [6.45, 7) is 4.25. The van der Waals surface area contributed by atoms with Gasteiger partial charge in [0.1, 0.15) is 5.69 Å². The first-order valence-corrected chi connectivity index (χ1v) is 19.2. The molecule has 0 unspecified atom stereocenters. The van der Waals surface area contributed by atoms with E-state index in [1.165, 1.54) is 74.7 Å². The Morgan fingerprint density at radius 2 is 1.09 bits per heavy atom. The van der Waals surface area contributed by atoms with Gasteiger partial charge in [-0.3, -0.25) is 4.57 Å². The molecule has 0 fully saturated rings. The van der Waals surface area contributed by atoms with Crippen molar-refractivity contribution in [2.75, 3.05) is 0 Å². The fourth-order valence-electron chi connectivity index (χ4n) is 8.49. The zero-order chi connectivity index (χ0) is 35.9. The van der Waals surface area contributed by atoms with Crippen LogP contribution in [-0.4, -0.2) is 14.5 Å². The van der Waals surface area contributed by atoms with Gasteiger partial charge >= 0.3 is 0 Å². The number of fused-ring (bicyclic) bond motifs is 11. The van der Waals surface area contributed by atoms with E-state index in [9.17, 15) is 0 Å². The molecule has 0 saturated carbocycles. The number of para-hydroxylation sites is 1. The van der Waals surface area contributed by atoms with Crippen molar-refractivity contribution in [1.82, 2.24) is 14.5 Å². The van der Waals surface area contributed by atoms with E-state index in [4.69, 9.17) is 9.97 Å². The Bertz CT molecular complexity index is 3280. The molecule has 0 radical (unpaired) electrons. The molecule has 0 atom stereocenters. The van der Waals surface area contributed by atoms with E-state index in [0.29, 0.717) is 0 Å². The number of hydrogen-bond donors (Lipinski definition) is 0. The third-order valence-electron chi connectivity index (χ3n) is 11.0. The maximum atomic E-state index is 5.59. The molecule has 0 N–H and O–H groups in total. The molecule has 3 heterocycles. The summed E-state index contributed by atoms with van der Waals surface area (Å²) < 4.78 is 4.96. The van der Waals surface area contributed by atoms with Gasteiger partial charge in [0.15, 0.2) is 5.82 Å². The number of aromatic nitrogens is 3. The Kier molecular flexibility index (Phi) is 6.85. The monoisotopic (exact) mass is 707 g/mol. The highest BCUT2D eigenvalue weighted by Crippen LogP contribution is 2.49. The summed E-state index contributed by atoms with van der Waals surface area (Å²) in [4.78, 5) is 11.2. The van der Waals surface area contributed by atoms with E-state index in [0.717, 1.165) is 39.5 Å². The Morgan fingerprint density at radius 3 is 1.87 bits per heavy atom. The lowest BCUT2D eigenvalue weighted by molar-refractivity contribution is 1.02. The average molecular weight is 708 g/mol. The normalized spacial score (nSPS) is 11.9. The van der Waals surface area contributed by atoms with Gasteiger partial charge in [-0.25, -0.2) is 9.97 Å². The smallest absolute Gasteiger partial charge is 0.164 e. The molecule has 254 valence electrons. The molecule has 11 rings (SSSR count). The molecule has 54 heavy (non-hydrogen) atoms. The van der Waals surface area contributed by atoms with Crippen LogP contribution in [0.25, 0.3) is 103 Å². The van der Waals surface area contributed by atoms with Gasteiger partial charge in [0, 0.05) is 37.4 Å². The first kappa shape index (κ1) is 31.0. The number of benzene rings is 8. The van der Waals surface area contributed by atoms with Crippen LogP contribution >= 0.6 is 11.3 Å². The van der Waals surface area contributed by atoms with Crippen molar-refractivity contribution in [3.63, 3.8) is 0 Å². The van der Waals surface area contributed by atoms with Gasteiger partial charge in [0.05, 0.1) is 27.1 Å². The summed E-state index contributed by atoms with van der Waals surface area (Å²) in [7, 11) is 0. The van der Waals surface area contributed by atoms with E-state index in [1.807, 2.05) is 11.3 Å². The van der Waals surface area contributed by atoms with Crippen molar-refractivity contribution >= 4 is 74.9 Å². The first-order chi connectivity index (χ1) is 26.6. The van der Waals surface area contributed by atoms with E-state index in [-0.39, 0.29) is 0 Å². The van der Waals surface area contributed by atoms with Crippen LogP contribution in [0.2, 0.25) is 0 Å². The number of hydrogen-bond acceptors (Lipinski definition) is 3. The predicted octanol–water partition coefficient (Wildman–Crippen LogP) is 13.9. The fraction of sp³-hybridized carbons (Fsp3) is 0.0400. The SMILES string of the molecule is Cc1ccccc1-c1nc(-c2ccc(-c3ccccc3)cc2)c(-n2c3ccccc3c3c4ccccc4c4c5cc6ccccc6cc5sc4c32)nc1C. The maximum Gasteiger partial charge on any atom is 0.164 e. The second kappa shape index (κ2) is 12.0. The predicted molar refractivity (Wildman–Crippen MR) is 230 cm³/mol. The molecule has 0 saturated heterocycles. The van der Waals surface area contributed by atoms with E-state index in [2.05, 4.69) is 182 Å². The minimum Gasteiger partial charge on any atom is -0.290 e. The molecule has 0 bridgehead atoms. The second-order valence-electron chi connectivity index (χ2n) is 14.2. The highest BCUT2D eigenvalue weighted by atomic mass is 32.1. The van der Waals surface area contributed by atoms with Crippen molar-refractivity contribution in [3.8, 4) is 39.5 Å². The van der Waals surface area contributed by atoms with Crippen LogP contribution in [0.1, 0.15) is 11.3 Å². The largest absolute Gasteiger partial charge is 0.290 e. The van der Waals surface area contributed by atoms with E-state index < -0.39 is 0 Å². The number of aryl methyl sites for hydroxylation is 2. The van der Waals surface area contributed by atoms with E-state index >= 15 is 0 Å². The van der Waals surface area contributed by atoms with Gasteiger partial charge in [0.25, 0.3) is 0 Å². The van der Waals surface area contributed by atoms with Crippen LogP contribution < -0.4 is 0 Å². The maximum absolute atomic E-state index is 5.59. The number of rotatable bonds is 4. The van der Waals surface area contributed by atoms with E-state index in [1.54, 1.807) is 0 Å². The molecule has 3 nitrogen and oxygen atoms in total. The Labute approximate surface area is 316 Å². The third kappa shape index (κ3) is 4.60. The molecule has 0 aliphatic rings.